The van der Waals surface area contributed by atoms with E-state index in [2.05, 4.69) is 49.2 Å². The third kappa shape index (κ3) is 3.08. The van der Waals surface area contributed by atoms with Gasteiger partial charge < -0.3 is 0 Å². The van der Waals surface area contributed by atoms with E-state index in [-0.39, 0.29) is 5.56 Å². The van der Waals surface area contributed by atoms with Crippen molar-refractivity contribution in [3.63, 3.8) is 0 Å². The average Bonchev–Trinajstić information content (AvgIpc) is 3.09. The van der Waals surface area contributed by atoms with Crippen molar-refractivity contribution in [1.82, 2.24) is 9.55 Å². The molecule has 0 N–H and O–H groups in total. The van der Waals surface area contributed by atoms with E-state index in [9.17, 15) is 4.79 Å². The lowest BCUT2D eigenvalue weighted by molar-refractivity contribution is 0.663. The molecule has 0 aliphatic rings. The van der Waals surface area contributed by atoms with Crippen LogP contribution in [0.4, 0.5) is 0 Å². The standard InChI is InChI=1S/C22H20N2OS/c1-15-8-9-18(12-16(15)2)19-13-26-21-20(19)22(25)24(14-23-21)11-10-17-6-4-3-5-7-17/h3-9,12-14H,10-11H2,1-2H3. The van der Waals surface area contributed by atoms with Gasteiger partial charge in [-0.05, 0) is 42.5 Å². The molecule has 0 saturated carbocycles. The maximum absolute atomic E-state index is 13.1. The van der Waals surface area contributed by atoms with E-state index in [1.807, 2.05) is 23.6 Å². The lowest BCUT2D eigenvalue weighted by Crippen LogP contribution is -2.21. The Hall–Kier alpha value is -2.72. The number of nitrogens with zero attached hydrogens (tertiary/aromatic N) is 2. The maximum atomic E-state index is 13.1. The van der Waals surface area contributed by atoms with Crippen LogP contribution in [0, 0.1) is 13.8 Å². The number of thiophene rings is 1. The van der Waals surface area contributed by atoms with Gasteiger partial charge in [-0.25, -0.2) is 4.98 Å². The fourth-order valence-electron chi connectivity index (χ4n) is 3.14. The van der Waals surface area contributed by atoms with Crippen LogP contribution in [-0.2, 0) is 13.0 Å². The lowest BCUT2D eigenvalue weighted by atomic mass is 10.0. The van der Waals surface area contributed by atoms with E-state index >= 15 is 0 Å². The molecule has 26 heavy (non-hydrogen) atoms. The molecule has 0 radical (unpaired) electrons. The molecule has 4 heteroatoms. The summed E-state index contributed by atoms with van der Waals surface area (Å²) in [6.07, 6.45) is 2.49. The normalized spacial score (nSPS) is 11.2. The van der Waals surface area contributed by atoms with Gasteiger partial charge in [0.2, 0.25) is 0 Å². The number of aryl methyl sites for hydroxylation is 4. The van der Waals surface area contributed by atoms with Crippen LogP contribution in [0.15, 0.2) is 65.0 Å². The average molecular weight is 360 g/mol. The van der Waals surface area contributed by atoms with Crippen molar-refractivity contribution in [1.29, 1.82) is 0 Å². The van der Waals surface area contributed by atoms with Crippen molar-refractivity contribution < 1.29 is 0 Å². The number of rotatable bonds is 4. The Bertz CT molecular complexity index is 1130. The zero-order valence-corrected chi connectivity index (χ0v) is 15.7. The second-order valence-corrected chi connectivity index (χ2v) is 7.47. The first-order chi connectivity index (χ1) is 12.6. The predicted molar refractivity (Wildman–Crippen MR) is 109 cm³/mol. The van der Waals surface area contributed by atoms with Crippen LogP contribution in [0.3, 0.4) is 0 Å². The van der Waals surface area contributed by atoms with Crippen LogP contribution in [-0.4, -0.2) is 9.55 Å². The highest BCUT2D eigenvalue weighted by atomic mass is 32.1. The van der Waals surface area contributed by atoms with Gasteiger partial charge in [0, 0.05) is 17.5 Å². The number of hydrogen-bond acceptors (Lipinski definition) is 3. The van der Waals surface area contributed by atoms with Gasteiger partial charge in [0.15, 0.2) is 0 Å². The first-order valence-corrected chi connectivity index (χ1v) is 9.59. The molecular formula is C22H20N2OS. The summed E-state index contributed by atoms with van der Waals surface area (Å²) < 4.78 is 1.73. The molecule has 0 unspecified atom stereocenters. The summed E-state index contributed by atoms with van der Waals surface area (Å²) in [5.74, 6) is 0. The highest BCUT2D eigenvalue weighted by molar-refractivity contribution is 7.17. The minimum atomic E-state index is 0.0420. The zero-order valence-electron chi connectivity index (χ0n) is 14.9. The summed E-state index contributed by atoms with van der Waals surface area (Å²) in [4.78, 5) is 18.4. The van der Waals surface area contributed by atoms with Crippen LogP contribution in [0.5, 0.6) is 0 Å². The third-order valence-corrected chi connectivity index (χ3v) is 5.75. The second kappa shape index (κ2) is 6.89. The van der Waals surface area contributed by atoms with Gasteiger partial charge in [-0.2, -0.15) is 0 Å². The fourth-order valence-corrected chi connectivity index (χ4v) is 4.05. The van der Waals surface area contributed by atoms with Crippen LogP contribution in [0.25, 0.3) is 21.3 Å². The Morgan fingerprint density at radius 1 is 1.04 bits per heavy atom. The van der Waals surface area contributed by atoms with Gasteiger partial charge in [-0.1, -0.05) is 48.5 Å². The monoisotopic (exact) mass is 360 g/mol. The molecule has 4 aromatic rings. The molecule has 0 atom stereocenters. The zero-order chi connectivity index (χ0) is 18.1. The summed E-state index contributed by atoms with van der Waals surface area (Å²) in [6.45, 7) is 4.83. The maximum Gasteiger partial charge on any atom is 0.262 e. The van der Waals surface area contributed by atoms with Gasteiger partial charge in [0.1, 0.15) is 4.83 Å². The Balaban J connectivity index is 1.74. The van der Waals surface area contributed by atoms with Gasteiger partial charge in [-0.3, -0.25) is 9.36 Å². The van der Waals surface area contributed by atoms with Crippen LogP contribution >= 0.6 is 11.3 Å². The van der Waals surface area contributed by atoms with Gasteiger partial charge in [0.05, 0.1) is 11.7 Å². The lowest BCUT2D eigenvalue weighted by Gasteiger charge is -2.07. The SMILES string of the molecule is Cc1ccc(-c2csc3ncn(CCc4ccccc4)c(=O)c23)cc1C. The second-order valence-electron chi connectivity index (χ2n) is 6.61. The van der Waals surface area contributed by atoms with Crippen molar-refractivity contribution in [2.24, 2.45) is 0 Å². The van der Waals surface area contributed by atoms with E-state index in [1.54, 1.807) is 10.9 Å². The van der Waals surface area contributed by atoms with E-state index in [1.165, 1.54) is 28.0 Å². The number of fused-ring (bicyclic) bond motifs is 1. The Morgan fingerprint density at radius 2 is 1.85 bits per heavy atom. The molecule has 0 bridgehead atoms. The predicted octanol–water partition coefficient (Wildman–Crippen LogP) is 4.98. The molecule has 0 aliphatic heterocycles. The molecular weight excluding hydrogens is 340 g/mol. The van der Waals surface area contributed by atoms with Crippen molar-refractivity contribution >= 4 is 21.6 Å². The van der Waals surface area contributed by atoms with E-state index in [0.29, 0.717) is 6.54 Å². The summed E-state index contributed by atoms with van der Waals surface area (Å²) in [7, 11) is 0. The van der Waals surface area contributed by atoms with E-state index in [4.69, 9.17) is 0 Å². The summed E-state index contributed by atoms with van der Waals surface area (Å²) in [5, 5.41) is 2.78. The highest BCUT2D eigenvalue weighted by Gasteiger charge is 2.13. The van der Waals surface area contributed by atoms with Crippen molar-refractivity contribution in [3.8, 4) is 11.1 Å². The molecule has 3 nitrogen and oxygen atoms in total. The van der Waals surface area contributed by atoms with Crippen molar-refractivity contribution in [2.45, 2.75) is 26.8 Å². The first kappa shape index (κ1) is 16.7. The minimum absolute atomic E-state index is 0.0420. The topological polar surface area (TPSA) is 34.9 Å². The molecule has 0 spiro atoms. The summed E-state index contributed by atoms with van der Waals surface area (Å²) in [6, 6.07) is 16.6. The van der Waals surface area contributed by atoms with Crippen molar-refractivity contribution in [3.05, 3.63) is 87.3 Å². The van der Waals surface area contributed by atoms with Crippen LogP contribution in [0.1, 0.15) is 16.7 Å². The Morgan fingerprint density at radius 3 is 2.62 bits per heavy atom. The molecule has 2 aromatic heterocycles. The third-order valence-electron chi connectivity index (χ3n) is 4.86. The molecule has 0 aliphatic carbocycles. The smallest absolute Gasteiger partial charge is 0.262 e. The molecule has 2 heterocycles. The van der Waals surface area contributed by atoms with Crippen LogP contribution < -0.4 is 5.56 Å². The first-order valence-electron chi connectivity index (χ1n) is 8.71. The number of aromatic nitrogens is 2. The van der Waals surface area contributed by atoms with E-state index in [0.717, 1.165) is 27.8 Å². The Kier molecular flexibility index (Phi) is 4.43. The molecule has 2 aromatic carbocycles. The van der Waals surface area contributed by atoms with E-state index < -0.39 is 0 Å². The number of hydrogen-bond donors (Lipinski definition) is 0. The van der Waals surface area contributed by atoms with Crippen molar-refractivity contribution in [2.75, 3.05) is 0 Å². The van der Waals surface area contributed by atoms with Gasteiger partial charge in [-0.15, -0.1) is 11.3 Å². The molecule has 130 valence electrons. The highest BCUT2D eigenvalue weighted by Crippen LogP contribution is 2.31. The quantitative estimate of drug-likeness (QED) is 0.514. The minimum Gasteiger partial charge on any atom is -0.298 e. The molecule has 4 rings (SSSR count). The largest absolute Gasteiger partial charge is 0.298 e. The van der Waals surface area contributed by atoms with Gasteiger partial charge in [0.25, 0.3) is 5.56 Å². The van der Waals surface area contributed by atoms with Crippen LogP contribution in [0.2, 0.25) is 0 Å². The fraction of sp³-hybridized carbons (Fsp3) is 0.182. The molecule has 0 fully saturated rings. The Labute approximate surface area is 156 Å². The molecule has 0 amide bonds. The summed E-state index contributed by atoms with van der Waals surface area (Å²) in [5.41, 5.74) is 5.82. The number of benzene rings is 2. The molecule has 0 saturated heterocycles. The van der Waals surface area contributed by atoms with Gasteiger partial charge >= 0.3 is 0 Å². The summed E-state index contributed by atoms with van der Waals surface area (Å²) >= 11 is 1.53.